The third-order valence-corrected chi connectivity index (χ3v) is 2.57. The van der Waals surface area contributed by atoms with Gasteiger partial charge < -0.3 is 4.74 Å². The summed E-state index contributed by atoms with van der Waals surface area (Å²) in [6, 6.07) is 19.3. The van der Waals surface area contributed by atoms with E-state index in [0.29, 0.717) is 5.82 Å². The molecule has 0 saturated heterocycles. The molecule has 94 valence electrons. The number of para-hydroxylation sites is 1. The Morgan fingerprint density at radius 2 is 1.58 bits per heavy atom. The summed E-state index contributed by atoms with van der Waals surface area (Å²) in [5, 5.41) is 12.2. The lowest BCUT2D eigenvalue weighted by Gasteiger charge is -2.03. The number of hydrogen-bond donors (Lipinski definition) is 0. The summed E-state index contributed by atoms with van der Waals surface area (Å²) in [5.41, 5.74) is 0.938. The van der Waals surface area contributed by atoms with Crippen molar-refractivity contribution in [3.63, 3.8) is 0 Å². The minimum absolute atomic E-state index is 0.240. The van der Waals surface area contributed by atoms with Gasteiger partial charge in [-0.05, 0) is 17.3 Å². The van der Waals surface area contributed by atoms with Crippen molar-refractivity contribution in [2.45, 2.75) is 6.73 Å². The third kappa shape index (κ3) is 2.77. The standard InChI is InChI=1S/C14H12N4O/c1-3-7-12(8-4-1)14-15-17-18(16-14)11-19-13-9-5-2-6-10-13/h1-10H,11H2. The second kappa shape index (κ2) is 5.30. The van der Waals surface area contributed by atoms with Crippen molar-refractivity contribution in [1.29, 1.82) is 0 Å². The van der Waals surface area contributed by atoms with E-state index in [2.05, 4.69) is 15.4 Å². The van der Waals surface area contributed by atoms with Gasteiger partial charge >= 0.3 is 0 Å². The van der Waals surface area contributed by atoms with Crippen LogP contribution in [0.25, 0.3) is 11.4 Å². The molecule has 0 bridgehead atoms. The average molecular weight is 252 g/mol. The van der Waals surface area contributed by atoms with Gasteiger partial charge in [0, 0.05) is 5.56 Å². The first kappa shape index (κ1) is 11.4. The molecule has 0 radical (unpaired) electrons. The molecule has 3 aromatic rings. The number of ether oxygens (including phenoxy) is 1. The molecule has 1 heterocycles. The third-order valence-electron chi connectivity index (χ3n) is 2.57. The van der Waals surface area contributed by atoms with Gasteiger partial charge in [-0.2, -0.15) is 0 Å². The molecule has 2 aromatic carbocycles. The van der Waals surface area contributed by atoms with Crippen LogP contribution < -0.4 is 4.74 Å². The van der Waals surface area contributed by atoms with E-state index in [1.807, 2.05) is 60.7 Å². The molecule has 0 aliphatic rings. The summed E-state index contributed by atoms with van der Waals surface area (Å²) in [5.74, 6) is 1.37. The molecular weight excluding hydrogens is 240 g/mol. The Bertz CT molecular complexity index is 637. The molecule has 0 amide bonds. The molecule has 3 rings (SSSR count). The Labute approximate surface area is 110 Å². The largest absolute Gasteiger partial charge is 0.470 e. The zero-order chi connectivity index (χ0) is 12.9. The van der Waals surface area contributed by atoms with E-state index >= 15 is 0 Å². The van der Waals surface area contributed by atoms with Crippen molar-refractivity contribution < 1.29 is 4.74 Å². The van der Waals surface area contributed by atoms with Crippen LogP contribution in [0.1, 0.15) is 0 Å². The molecule has 0 N–H and O–H groups in total. The molecule has 0 fully saturated rings. The van der Waals surface area contributed by atoms with E-state index in [9.17, 15) is 0 Å². The first-order valence-electron chi connectivity index (χ1n) is 5.93. The molecule has 0 unspecified atom stereocenters. The SMILES string of the molecule is c1ccc(OCn2nnc(-c3ccccc3)n2)cc1. The average Bonchev–Trinajstić information content (AvgIpc) is 2.96. The Kier molecular flexibility index (Phi) is 3.18. The van der Waals surface area contributed by atoms with Crippen molar-refractivity contribution in [1.82, 2.24) is 20.2 Å². The van der Waals surface area contributed by atoms with Gasteiger partial charge in [-0.1, -0.05) is 48.5 Å². The first-order chi connectivity index (χ1) is 9.42. The molecule has 1 aromatic heterocycles. The predicted octanol–water partition coefficient (Wildman–Crippen LogP) is 2.38. The topological polar surface area (TPSA) is 52.8 Å². The molecule has 0 aliphatic carbocycles. The number of hydrogen-bond acceptors (Lipinski definition) is 4. The first-order valence-corrected chi connectivity index (χ1v) is 5.93. The van der Waals surface area contributed by atoms with Crippen molar-refractivity contribution in [3.05, 3.63) is 60.7 Å². The highest BCUT2D eigenvalue weighted by Crippen LogP contribution is 2.12. The van der Waals surface area contributed by atoms with Crippen molar-refractivity contribution in [3.8, 4) is 17.1 Å². The van der Waals surface area contributed by atoms with Crippen LogP contribution in [0.15, 0.2) is 60.7 Å². The molecule has 0 aliphatic heterocycles. The minimum Gasteiger partial charge on any atom is -0.470 e. The highest BCUT2D eigenvalue weighted by molar-refractivity contribution is 5.52. The number of benzene rings is 2. The van der Waals surface area contributed by atoms with Crippen LogP contribution in [0.3, 0.4) is 0 Å². The van der Waals surface area contributed by atoms with Crippen molar-refractivity contribution in [2.75, 3.05) is 0 Å². The summed E-state index contributed by atoms with van der Waals surface area (Å²) in [6.07, 6.45) is 0. The lowest BCUT2D eigenvalue weighted by atomic mass is 10.2. The minimum atomic E-state index is 0.240. The zero-order valence-electron chi connectivity index (χ0n) is 10.2. The molecule has 0 saturated carbocycles. The van der Waals surface area contributed by atoms with Gasteiger partial charge in [0.2, 0.25) is 12.6 Å². The van der Waals surface area contributed by atoms with Gasteiger partial charge in [0.25, 0.3) is 0 Å². The Balaban J connectivity index is 1.69. The Morgan fingerprint density at radius 1 is 0.895 bits per heavy atom. The van der Waals surface area contributed by atoms with Crippen LogP contribution in [0.5, 0.6) is 5.75 Å². The smallest absolute Gasteiger partial charge is 0.205 e. The van der Waals surface area contributed by atoms with E-state index in [-0.39, 0.29) is 6.73 Å². The number of nitrogens with zero attached hydrogens (tertiary/aromatic N) is 4. The fraction of sp³-hybridized carbons (Fsp3) is 0.0714. The lowest BCUT2D eigenvalue weighted by Crippen LogP contribution is -2.08. The predicted molar refractivity (Wildman–Crippen MR) is 70.3 cm³/mol. The van der Waals surface area contributed by atoms with Crippen LogP contribution in [0, 0.1) is 0 Å². The molecule has 0 atom stereocenters. The maximum absolute atomic E-state index is 5.54. The quantitative estimate of drug-likeness (QED) is 0.715. The van der Waals surface area contributed by atoms with Gasteiger partial charge in [0.1, 0.15) is 5.75 Å². The fourth-order valence-corrected chi connectivity index (χ4v) is 1.65. The van der Waals surface area contributed by atoms with Crippen LogP contribution >= 0.6 is 0 Å². The zero-order valence-corrected chi connectivity index (χ0v) is 10.2. The summed E-state index contributed by atoms with van der Waals surface area (Å²) in [6.45, 7) is 0.240. The second-order valence-corrected chi connectivity index (χ2v) is 3.94. The summed E-state index contributed by atoms with van der Waals surface area (Å²) in [7, 11) is 0. The van der Waals surface area contributed by atoms with Crippen molar-refractivity contribution in [2.24, 2.45) is 0 Å². The van der Waals surface area contributed by atoms with Crippen molar-refractivity contribution >= 4 is 0 Å². The molecule has 0 spiro atoms. The second-order valence-electron chi connectivity index (χ2n) is 3.94. The van der Waals surface area contributed by atoms with E-state index in [1.54, 1.807) is 0 Å². The molecule has 5 heteroatoms. The van der Waals surface area contributed by atoms with Gasteiger partial charge in [0.15, 0.2) is 0 Å². The fourth-order valence-electron chi connectivity index (χ4n) is 1.65. The Hall–Kier alpha value is -2.69. The summed E-state index contributed by atoms with van der Waals surface area (Å²) < 4.78 is 5.54. The van der Waals surface area contributed by atoms with Crippen LogP contribution in [0.4, 0.5) is 0 Å². The maximum Gasteiger partial charge on any atom is 0.205 e. The monoisotopic (exact) mass is 252 g/mol. The molecule has 5 nitrogen and oxygen atoms in total. The summed E-state index contributed by atoms with van der Waals surface area (Å²) >= 11 is 0. The Morgan fingerprint density at radius 3 is 2.32 bits per heavy atom. The van der Waals surface area contributed by atoms with Crippen LogP contribution in [-0.4, -0.2) is 20.2 Å². The van der Waals surface area contributed by atoms with E-state index in [0.717, 1.165) is 11.3 Å². The molecular formula is C14H12N4O. The van der Waals surface area contributed by atoms with Crippen LogP contribution in [-0.2, 0) is 6.73 Å². The summed E-state index contributed by atoms with van der Waals surface area (Å²) in [4.78, 5) is 1.43. The van der Waals surface area contributed by atoms with E-state index < -0.39 is 0 Å². The van der Waals surface area contributed by atoms with Gasteiger partial charge in [-0.15, -0.1) is 15.0 Å². The van der Waals surface area contributed by atoms with Gasteiger partial charge in [-0.25, -0.2) is 0 Å². The lowest BCUT2D eigenvalue weighted by molar-refractivity contribution is 0.200. The van der Waals surface area contributed by atoms with Crippen LogP contribution in [0.2, 0.25) is 0 Å². The highest BCUT2D eigenvalue weighted by Gasteiger charge is 2.05. The number of tetrazole rings is 1. The maximum atomic E-state index is 5.54. The van der Waals surface area contributed by atoms with Gasteiger partial charge in [0.05, 0.1) is 0 Å². The van der Waals surface area contributed by atoms with Gasteiger partial charge in [-0.3, -0.25) is 0 Å². The normalized spacial score (nSPS) is 10.3. The highest BCUT2D eigenvalue weighted by atomic mass is 16.5. The van der Waals surface area contributed by atoms with E-state index in [1.165, 1.54) is 4.80 Å². The number of rotatable bonds is 4. The van der Waals surface area contributed by atoms with E-state index in [4.69, 9.17) is 4.74 Å². The number of aromatic nitrogens is 4. The molecule has 19 heavy (non-hydrogen) atoms.